The molecule has 3 unspecified atom stereocenters. The summed E-state index contributed by atoms with van der Waals surface area (Å²) in [5, 5.41) is 3.78. The lowest BCUT2D eigenvalue weighted by Crippen LogP contribution is -2.71. The maximum absolute atomic E-state index is 6.13. The van der Waals surface area contributed by atoms with Crippen molar-refractivity contribution in [3.8, 4) is 5.75 Å². The summed E-state index contributed by atoms with van der Waals surface area (Å²) in [6, 6.07) is 10.6. The van der Waals surface area contributed by atoms with Crippen LogP contribution in [-0.4, -0.2) is 55.9 Å². The van der Waals surface area contributed by atoms with E-state index in [0.29, 0.717) is 18.1 Å². The standard InChI is InChI=1S/C22H33N3O2/c1-22(2)19(18-10-7-15-26-20(18)22)24-21(23-3)25-13-11-17(12-14-25)27-16-8-5-4-6-9-16/h4-6,8-9,17-20H,7,10-15H2,1-3H3,(H,23,24). The van der Waals surface area contributed by atoms with Crippen LogP contribution in [0.1, 0.15) is 39.5 Å². The minimum Gasteiger partial charge on any atom is -0.490 e. The minimum atomic E-state index is 0.162. The fourth-order valence-electron chi connectivity index (χ4n) is 5.13. The van der Waals surface area contributed by atoms with Crippen LogP contribution in [0.5, 0.6) is 5.75 Å². The lowest BCUT2D eigenvalue weighted by molar-refractivity contribution is -0.188. The zero-order valence-corrected chi connectivity index (χ0v) is 16.9. The number of rotatable bonds is 3. The van der Waals surface area contributed by atoms with E-state index in [-0.39, 0.29) is 11.5 Å². The van der Waals surface area contributed by atoms with Crippen LogP contribution in [0.15, 0.2) is 35.3 Å². The van der Waals surface area contributed by atoms with Gasteiger partial charge in [-0.2, -0.15) is 0 Å². The average Bonchev–Trinajstić information content (AvgIpc) is 2.70. The van der Waals surface area contributed by atoms with Gasteiger partial charge in [-0.3, -0.25) is 4.99 Å². The van der Waals surface area contributed by atoms with Gasteiger partial charge in [-0.15, -0.1) is 0 Å². The highest BCUT2D eigenvalue weighted by Crippen LogP contribution is 2.51. The number of hydrogen-bond donors (Lipinski definition) is 1. The fourth-order valence-corrected chi connectivity index (χ4v) is 5.13. The SMILES string of the molecule is CN=C(NC1C2CCCOC2C1(C)C)N1CCC(Oc2ccccc2)CC1. The number of nitrogens with zero attached hydrogens (tertiary/aromatic N) is 2. The summed E-state index contributed by atoms with van der Waals surface area (Å²) in [4.78, 5) is 6.98. The van der Waals surface area contributed by atoms with E-state index in [2.05, 4.69) is 29.1 Å². The summed E-state index contributed by atoms with van der Waals surface area (Å²) in [5.74, 6) is 2.62. The van der Waals surface area contributed by atoms with Crippen molar-refractivity contribution in [3.63, 3.8) is 0 Å². The third kappa shape index (κ3) is 3.66. The van der Waals surface area contributed by atoms with Crippen LogP contribution >= 0.6 is 0 Å². The van der Waals surface area contributed by atoms with Crippen molar-refractivity contribution in [2.24, 2.45) is 16.3 Å². The molecule has 1 aliphatic carbocycles. The Morgan fingerprint density at radius 2 is 1.93 bits per heavy atom. The van der Waals surface area contributed by atoms with Gasteiger partial charge >= 0.3 is 0 Å². The van der Waals surface area contributed by atoms with E-state index >= 15 is 0 Å². The molecular weight excluding hydrogens is 338 g/mol. The third-order valence-corrected chi connectivity index (χ3v) is 6.61. The van der Waals surface area contributed by atoms with E-state index in [4.69, 9.17) is 9.47 Å². The molecule has 0 amide bonds. The Labute approximate surface area is 163 Å². The van der Waals surface area contributed by atoms with Gasteiger partial charge < -0.3 is 19.7 Å². The summed E-state index contributed by atoms with van der Waals surface area (Å²) in [7, 11) is 1.90. The van der Waals surface area contributed by atoms with Crippen LogP contribution in [0.3, 0.4) is 0 Å². The number of para-hydroxylation sites is 1. The molecule has 5 nitrogen and oxygen atoms in total. The lowest BCUT2D eigenvalue weighted by atomic mass is 9.55. The summed E-state index contributed by atoms with van der Waals surface area (Å²) >= 11 is 0. The van der Waals surface area contributed by atoms with Gasteiger partial charge in [0.2, 0.25) is 0 Å². The number of guanidine groups is 1. The first kappa shape index (κ1) is 18.6. The van der Waals surface area contributed by atoms with E-state index in [1.807, 2.05) is 37.4 Å². The molecule has 2 aliphatic heterocycles. The molecule has 3 atom stereocenters. The van der Waals surface area contributed by atoms with Crippen molar-refractivity contribution >= 4 is 5.96 Å². The molecule has 5 heteroatoms. The quantitative estimate of drug-likeness (QED) is 0.654. The van der Waals surface area contributed by atoms with E-state index in [1.165, 1.54) is 12.8 Å². The lowest BCUT2D eigenvalue weighted by Gasteiger charge is -2.60. The number of ether oxygens (including phenoxy) is 2. The smallest absolute Gasteiger partial charge is 0.193 e. The maximum atomic E-state index is 6.13. The molecule has 1 saturated carbocycles. The second kappa shape index (κ2) is 7.70. The van der Waals surface area contributed by atoms with Crippen molar-refractivity contribution in [1.29, 1.82) is 0 Å². The first-order valence-electron chi connectivity index (χ1n) is 10.4. The molecule has 0 radical (unpaired) electrons. The molecule has 2 heterocycles. The summed E-state index contributed by atoms with van der Waals surface area (Å²) in [5.41, 5.74) is 0.162. The van der Waals surface area contributed by atoms with Crippen molar-refractivity contribution in [1.82, 2.24) is 10.2 Å². The largest absolute Gasteiger partial charge is 0.490 e. The van der Waals surface area contributed by atoms with E-state index in [1.54, 1.807) is 0 Å². The number of nitrogens with one attached hydrogen (secondary N) is 1. The van der Waals surface area contributed by atoms with Crippen molar-refractivity contribution in [2.75, 3.05) is 26.7 Å². The number of aliphatic imine (C=N–C) groups is 1. The number of fused-ring (bicyclic) bond motifs is 1. The zero-order valence-electron chi connectivity index (χ0n) is 16.9. The van der Waals surface area contributed by atoms with Crippen LogP contribution in [-0.2, 0) is 4.74 Å². The Morgan fingerprint density at radius 3 is 2.63 bits per heavy atom. The molecule has 1 N–H and O–H groups in total. The predicted molar refractivity (Wildman–Crippen MR) is 108 cm³/mol. The first-order chi connectivity index (χ1) is 13.1. The van der Waals surface area contributed by atoms with Crippen molar-refractivity contribution in [3.05, 3.63) is 30.3 Å². The van der Waals surface area contributed by atoms with Crippen molar-refractivity contribution in [2.45, 2.75) is 57.8 Å². The molecule has 0 aromatic heterocycles. The Kier molecular flexibility index (Phi) is 5.31. The Bertz CT molecular complexity index is 653. The number of piperidine rings is 1. The fraction of sp³-hybridized carbons (Fsp3) is 0.682. The van der Waals surface area contributed by atoms with Gasteiger partial charge in [-0.1, -0.05) is 32.0 Å². The molecule has 1 aromatic carbocycles. The Morgan fingerprint density at radius 1 is 1.19 bits per heavy atom. The van der Waals surface area contributed by atoms with Gasteiger partial charge in [0.1, 0.15) is 11.9 Å². The van der Waals surface area contributed by atoms with Crippen molar-refractivity contribution < 1.29 is 9.47 Å². The molecule has 1 aromatic rings. The van der Waals surface area contributed by atoms with Crippen LogP contribution in [0.2, 0.25) is 0 Å². The third-order valence-electron chi connectivity index (χ3n) is 6.61. The maximum Gasteiger partial charge on any atom is 0.193 e. The van der Waals surface area contributed by atoms with E-state index < -0.39 is 0 Å². The van der Waals surface area contributed by atoms with Gasteiger partial charge in [0.05, 0.1) is 6.10 Å². The highest BCUT2D eigenvalue weighted by molar-refractivity contribution is 5.80. The van der Waals surface area contributed by atoms with Crippen LogP contribution < -0.4 is 10.1 Å². The topological polar surface area (TPSA) is 46.1 Å². The highest BCUT2D eigenvalue weighted by Gasteiger charge is 2.58. The number of likely N-dealkylation sites (tertiary alicyclic amines) is 1. The first-order valence-corrected chi connectivity index (χ1v) is 10.4. The Balaban J connectivity index is 1.32. The molecule has 4 rings (SSSR count). The van der Waals surface area contributed by atoms with E-state index in [0.717, 1.165) is 44.2 Å². The summed E-state index contributed by atoms with van der Waals surface area (Å²) < 4.78 is 12.2. The molecule has 27 heavy (non-hydrogen) atoms. The molecule has 3 aliphatic rings. The van der Waals surface area contributed by atoms with Crippen LogP contribution in [0, 0.1) is 11.3 Å². The van der Waals surface area contributed by atoms with Gasteiger partial charge in [0.15, 0.2) is 5.96 Å². The number of hydrogen-bond acceptors (Lipinski definition) is 3. The molecule has 3 fully saturated rings. The molecular formula is C22H33N3O2. The van der Waals surface area contributed by atoms with E-state index in [9.17, 15) is 0 Å². The van der Waals surface area contributed by atoms with Crippen LogP contribution in [0.4, 0.5) is 0 Å². The average molecular weight is 372 g/mol. The minimum absolute atomic E-state index is 0.162. The number of benzene rings is 1. The highest BCUT2D eigenvalue weighted by atomic mass is 16.5. The second-order valence-electron chi connectivity index (χ2n) is 8.71. The monoisotopic (exact) mass is 371 g/mol. The van der Waals surface area contributed by atoms with Gasteiger partial charge in [0.25, 0.3) is 0 Å². The summed E-state index contributed by atoms with van der Waals surface area (Å²) in [6.07, 6.45) is 5.17. The van der Waals surface area contributed by atoms with Gasteiger partial charge in [-0.25, -0.2) is 0 Å². The zero-order chi connectivity index (χ0) is 18.9. The molecule has 0 bridgehead atoms. The Hall–Kier alpha value is -1.75. The molecule has 0 spiro atoms. The normalized spacial score (nSPS) is 31.0. The predicted octanol–water partition coefficient (Wildman–Crippen LogP) is 3.31. The second-order valence-corrected chi connectivity index (χ2v) is 8.71. The molecule has 2 saturated heterocycles. The molecule has 148 valence electrons. The van der Waals surface area contributed by atoms with Gasteiger partial charge in [-0.05, 0) is 25.0 Å². The van der Waals surface area contributed by atoms with Crippen LogP contribution in [0.25, 0.3) is 0 Å². The summed E-state index contributed by atoms with van der Waals surface area (Å²) in [6.45, 7) is 7.53. The van der Waals surface area contributed by atoms with Gasteiger partial charge in [0, 0.05) is 57.0 Å².